The lowest BCUT2D eigenvalue weighted by atomic mass is 10.1. The number of urea groups is 1. The molecule has 2 heterocycles. The van der Waals surface area contributed by atoms with Gasteiger partial charge in [0.05, 0.1) is 6.04 Å². The van der Waals surface area contributed by atoms with E-state index >= 15 is 0 Å². The lowest BCUT2D eigenvalue weighted by Crippen LogP contribution is -2.35. The molecule has 1 fully saturated rings. The van der Waals surface area contributed by atoms with Crippen molar-refractivity contribution >= 4 is 11.8 Å². The van der Waals surface area contributed by atoms with Gasteiger partial charge in [-0.05, 0) is 6.92 Å². The van der Waals surface area contributed by atoms with E-state index in [1.165, 1.54) is 9.80 Å². The van der Waals surface area contributed by atoms with Crippen LogP contribution in [0.3, 0.4) is 0 Å². The third kappa shape index (κ3) is 1.78. The van der Waals surface area contributed by atoms with Crippen LogP contribution in [-0.4, -0.2) is 40.5 Å². The van der Waals surface area contributed by atoms with Gasteiger partial charge in [0.1, 0.15) is 5.76 Å². The van der Waals surface area contributed by atoms with Crippen molar-refractivity contribution < 1.29 is 14.4 Å². The SMILES string of the molecule is CC(C)c1cc(N2C(=O)N(C)C(C)C2O)no1. The van der Waals surface area contributed by atoms with Gasteiger partial charge in [0, 0.05) is 19.0 Å². The lowest BCUT2D eigenvalue weighted by Gasteiger charge is -2.16. The van der Waals surface area contributed by atoms with Gasteiger partial charge in [-0.3, -0.25) is 0 Å². The van der Waals surface area contributed by atoms with Crippen LogP contribution in [0.4, 0.5) is 10.6 Å². The van der Waals surface area contributed by atoms with Crippen molar-refractivity contribution in [2.45, 2.75) is 39.0 Å². The van der Waals surface area contributed by atoms with Gasteiger partial charge in [0.25, 0.3) is 0 Å². The zero-order valence-corrected chi connectivity index (χ0v) is 10.4. The number of carbonyl (C=O) groups is 1. The van der Waals surface area contributed by atoms with E-state index in [1.807, 2.05) is 13.8 Å². The summed E-state index contributed by atoms with van der Waals surface area (Å²) in [6, 6.07) is 1.16. The van der Waals surface area contributed by atoms with Crippen molar-refractivity contribution in [3.63, 3.8) is 0 Å². The summed E-state index contributed by atoms with van der Waals surface area (Å²) in [5, 5.41) is 13.8. The molecule has 1 aliphatic heterocycles. The monoisotopic (exact) mass is 239 g/mol. The molecule has 0 bridgehead atoms. The van der Waals surface area contributed by atoms with Crippen LogP contribution in [0.15, 0.2) is 10.6 Å². The Labute approximate surface area is 99.8 Å². The number of carbonyl (C=O) groups excluding carboxylic acids is 1. The van der Waals surface area contributed by atoms with E-state index in [0.29, 0.717) is 11.6 Å². The predicted octanol–water partition coefficient (Wildman–Crippen LogP) is 1.38. The Morgan fingerprint density at radius 1 is 1.53 bits per heavy atom. The van der Waals surface area contributed by atoms with Crippen LogP contribution in [0.2, 0.25) is 0 Å². The first-order valence-corrected chi connectivity index (χ1v) is 5.64. The van der Waals surface area contributed by atoms with Crippen LogP contribution in [0, 0.1) is 0 Å². The average Bonchev–Trinajstić information content (AvgIpc) is 2.81. The van der Waals surface area contributed by atoms with Crippen LogP contribution < -0.4 is 4.90 Å². The van der Waals surface area contributed by atoms with Crippen molar-refractivity contribution in [2.75, 3.05) is 11.9 Å². The molecule has 17 heavy (non-hydrogen) atoms. The standard InChI is InChI=1S/C11H17N3O3/c1-6(2)8-5-9(12-17-8)14-10(15)7(3)13(4)11(14)16/h5-7,10,15H,1-4H3. The van der Waals surface area contributed by atoms with Gasteiger partial charge in [-0.15, -0.1) is 0 Å². The molecule has 1 aromatic heterocycles. The Balaban J connectivity index is 2.30. The molecule has 1 aliphatic rings. The molecule has 6 nitrogen and oxygen atoms in total. The second-order valence-electron chi connectivity index (χ2n) is 4.66. The third-order valence-corrected chi connectivity index (χ3v) is 3.15. The third-order valence-electron chi connectivity index (χ3n) is 3.15. The zero-order valence-electron chi connectivity index (χ0n) is 10.4. The molecule has 2 unspecified atom stereocenters. The molecule has 0 saturated carbocycles. The highest BCUT2D eigenvalue weighted by atomic mass is 16.5. The maximum absolute atomic E-state index is 11.9. The molecule has 2 atom stereocenters. The van der Waals surface area contributed by atoms with E-state index in [-0.39, 0.29) is 18.0 Å². The molecule has 0 spiro atoms. The molecule has 0 aliphatic carbocycles. The molecule has 0 aromatic carbocycles. The van der Waals surface area contributed by atoms with Gasteiger partial charge in [-0.1, -0.05) is 19.0 Å². The number of hydrogen-bond donors (Lipinski definition) is 1. The summed E-state index contributed by atoms with van der Waals surface area (Å²) in [6.45, 7) is 5.73. The minimum atomic E-state index is -0.891. The van der Waals surface area contributed by atoms with Crippen LogP contribution in [-0.2, 0) is 0 Å². The smallest absolute Gasteiger partial charge is 0.328 e. The molecule has 2 amide bonds. The van der Waals surface area contributed by atoms with E-state index in [9.17, 15) is 9.90 Å². The summed E-state index contributed by atoms with van der Waals surface area (Å²) in [7, 11) is 1.65. The van der Waals surface area contributed by atoms with Crippen LogP contribution in [0.1, 0.15) is 32.4 Å². The number of aliphatic hydroxyl groups excluding tert-OH is 1. The van der Waals surface area contributed by atoms with Crippen molar-refractivity contribution in [3.8, 4) is 0 Å². The second-order valence-corrected chi connectivity index (χ2v) is 4.66. The summed E-state index contributed by atoms with van der Waals surface area (Å²) in [4.78, 5) is 14.6. The molecular weight excluding hydrogens is 222 g/mol. The van der Waals surface area contributed by atoms with E-state index in [4.69, 9.17) is 4.52 Å². The number of rotatable bonds is 2. The molecule has 6 heteroatoms. The number of nitrogens with zero attached hydrogens (tertiary/aromatic N) is 3. The van der Waals surface area contributed by atoms with Crippen LogP contribution in [0.25, 0.3) is 0 Å². The van der Waals surface area contributed by atoms with E-state index in [0.717, 1.165) is 0 Å². The quantitative estimate of drug-likeness (QED) is 0.846. The number of hydrogen-bond acceptors (Lipinski definition) is 4. The normalized spacial score (nSPS) is 25.2. The van der Waals surface area contributed by atoms with Gasteiger partial charge in [0.15, 0.2) is 12.0 Å². The first-order valence-electron chi connectivity index (χ1n) is 5.64. The highest BCUT2D eigenvalue weighted by molar-refractivity contribution is 5.93. The molecule has 1 N–H and O–H groups in total. The maximum Gasteiger partial charge on any atom is 0.328 e. The number of likely N-dealkylation sites (N-methyl/N-ethyl adjacent to an activating group) is 1. The average molecular weight is 239 g/mol. The summed E-state index contributed by atoms with van der Waals surface area (Å²) in [5.74, 6) is 1.26. The Bertz CT molecular complexity index is 429. The molecule has 2 rings (SSSR count). The number of aliphatic hydroxyl groups is 1. The highest BCUT2D eigenvalue weighted by Crippen LogP contribution is 2.28. The Hall–Kier alpha value is -1.56. The minimum Gasteiger partial charge on any atom is -0.371 e. The van der Waals surface area contributed by atoms with Crippen molar-refractivity contribution in [1.82, 2.24) is 10.1 Å². The number of anilines is 1. The molecule has 1 saturated heterocycles. The fourth-order valence-corrected chi connectivity index (χ4v) is 1.77. The van der Waals surface area contributed by atoms with Crippen LogP contribution >= 0.6 is 0 Å². The van der Waals surface area contributed by atoms with Crippen molar-refractivity contribution in [1.29, 1.82) is 0 Å². The number of aromatic nitrogens is 1. The number of amides is 2. The summed E-state index contributed by atoms with van der Waals surface area (Å²) in [5.41, 5.74) is 0. The van der Waals surface area contributed by atoms with Crippen LogP contribution in [0.5, 0.6) is 0 Å². The largest absolute Gasteiger partial charge is 0.371 e. The molecule has 0 radical (unpaired) electrons. The molecular formula is C11H17N3O3. The molecule has 1 aromatic rings. The summed E-state index contributed by atoms with van der Waals surface area (Å²) in [6.07, 6.45) is -0.891. The Kier molecular flexibility index (Phi) is 2.82. The molecule has 94 valence electrons. The highest BCUT2D eigenvalue weighted by Gasteiger charge is 2.42. The van der Waals surface area contributed by atoms with E-state index in [1.54, 1.807) is 20.0 Å². The maximum atomic E-state index is 11.9. The van der Waals surface area contributed by atoms with Gasteiger partial charge in [0.2, 0.25) is 0 Å². The first-order chi connectivity index (χ1) is 7.93. The van der Waals surface area contributed by atoms with E-state index in [2.05, 4.69) is 5.16 Å². The van der Waals surface area contributed by atoms with Gasteiger partial charge in [-0.2, -0.15) is 0 Å². The summed E-state index contributed by atoms with van der Waals surface area (Å²) >= 11 is 0. The first kappa shape index (κ1) is 11.9. The minimum absolute atomic E-state index is 0.196. The zero-order chi connectivity index (χ0) is 12.7. The Morgan fingerprint density at radius 2 is 2.18 bits per heavy atom. The second kappa shape index (κ2) is 4.03. The van der Waals surface area contributed by atoms with Gasteiger partial charge in [-0.25, -0.2) is 9.69 Å². The van der Waals surface area contributed by atoms with E-state index < -0.39 is 6.23 Å². The topological polar surface area (TPSA) is 69.8 Å². The lowest BCUT2D eigenvalue weighted by molar-refractivity contribution is 0.137. The summed E-state index contributed by atoms with van der Waals surface area (Å²) < 4.78 is 5.13. The van der Waals surface area contributed by atoms with Crippen molar-refractivity contribution in [2.24, 2.45) is 0 Å². The Morgan fingerprint density at radius 3 is 2.59 bits per heavy atom. The van der Waals surface area contributed by atoms with Gasteiger partial charge >= 0.3 is 6.03 Å². The van der Waals surface area contributed by atoms with Crippen molar-refractivity contribution in [3.05, 3.63) is 11.8 Å². The van der Waals surface area contributed by atoms with Gasteiger partial charge < -0.3 is 14.5 Å². The fraction of sp³-hybridized carbons (Fsp3) is 0.636. The fourth-order valence-electron chi connectivity index (χ4n) is 1.77. The predicted molar refractivity (Wildman–Crippen MR) is 61.7 cm³/mol.